The highest BCUT2D eigenvalue weighted by atomic mass is 32.1. The van der Waals surface area contributed by atoms with Gasteiger partial charge in [-0.15, -0.1) is 11.3 Å². The maximum atomic E-state index is 12.5. The number of nitrogens with one attached hydrogen (secondary N) is 1. The molecule has 0 saturated carbocycles. The molecule has 106 valence electrons. The Bertz CT molecular complexity index is 794. The minimum absolute atomic E-state index is 0.0514. The lowest BCUT2D eigenvalue weighted by atomic mass is 10.0. The van der Waals surface area contributed by atoms with Crippen LogP contribution in [0.4, 0.5) is 0 Å². The first-order chi connectivity index (χ1) is 10.1. The highest BCUT2D eigenvalue weighted by molar-refractivity contribution is 7.09. The van der Waals surface area contributed by atoms with Gasteiger partial charge in [-0.1, -0.05) is 17.7 Å². The Balaban J connectivity index is 1.94. The average Bonchev–Trinajstić information content (AvgIpc) is 2.97. The number of carbonyl (C=O) groups is 1. The summed E-state index contributed by atoms with van der Waals surface area (Å²) in [6.45, 7) is 4.49. The zero-order chi connectivity index (χ0) is 14.8. The smallest absolute Gasteiger partial charge is 0.252 e. The molecule has 0 bridgehead atoms. The summed E-state index contributed by atoms with van der Waals surface area (Å²) in [5.74, 6) is -0.0514. The van der Waals surface area contributed by atoms with Crippen molar-refractivity contribution in [1.82, 2.24) is 10.3 Å². The maximum absolute atomic E-state index is 12.5. The lowest BCUT2D eigenvalue weighted by molar-refractivity contribution is 0.0953. The number of carbonyl (C=O) groups excluding carboxylic acids is 1. The molecule has 0 aliphatic carbocycles. The predicted octanol–water partition coefficient (Wildman–Crippen LogP) is 3.84. The zero-order valence-electron chi connectivity index (χ0n) is 12.0. The SMILES string of the molecule is Cc1ccc2nc(C)cc(C(=O)NCc3cccs3)c2c1. The third-order valence-corrected chi connectivity index (χ3v) is 4.22. The van der Waals surface area contributed by atoms with Gasteiger partial charge in [-0.25, -0.2) is 0 Å². The van der Waals surface area contributed by atoms with E-state index in [-0.39, 0.29) is 5.91 Å². The fourth-order valence-electron chi connectivity index (χ4n) is 2.34. The number of hydrogen-bond donors (Lipinski definition) is 1. The van der Waals surface area contributed by atoms with Crippen LogP contribution in [-0.2, 0) is 6.54 Å². The zero-order valence-corrected chi connectivity index (χ0v) is 12.8. The van der Waals surface area contributed by atoms with Crippen LogP contribution in [0.3, 0.4) is 0 Å². The van der Waals surface area contributed by atoms with E-state index in [1.807, 2.05) is 55.6 Å². The summed E-state index contributed by atoms with van der Waals surface area (Å²) in [4.78, 5) is 18.1. The number of aromatic nitrogens is 1. The van der Waals surface area contributed by atoms with Gasteiger partial charge in [0.2, 0.25) is 0 Å². The van der Waals surface area contributed by atoms with E-state index in [1.54, 1.807) is 11.3 Å². The fraction of sp³-hybridized carbons (Fsp3) is 0.176. The molecule has 0 atom stereocenters. The first-order valence-electron chi connectivity index (χ1n) is 6.82. The van der Waals surface area contributed by atoms with E-state index in [4.69, 9.17) is 0 Å². The average molecular weight is 296 g/mol. The van der Waals surface area contributed by atoms with Crippen LogP contribution < -0.4 is 5.32 Å². The van der Waals surface area contributed by atoms with Gasteiger partial charge in [0.25, 0.3) is 5.91 Å². The molecule has 0 aliphatic rings. The van der Waals surface area contributed by atoms with Crippen LogP contribution >= 0.6 is 11.3 Å². The topological polar surface area (TPSA) is 42.0 Å². The molecule has 3 rings (SSSR count). The number of thiophene rings is 1. The molecule has 2 heterocycles. The van der Waals surface area contributed by atoms with Gasteiger partial charge in [-0.2, -0.15) is 0 Å². The molecule has 0 spiro atoms. The van der Waals surface area contributed by atoms with Gasteiger partial charge in [-0.3, -0.25) is 9.78 Å². The van der Waals surface area contributed by atoms with Gasteiger partial charge < -0.3 is 5.32 Å². The second kappa shape index (κ2) is 5.66. The van der Waals surface area contributed by atoms with Crippen molar-refractivity contribution in [3.63, 3.8) is 0 Å². The molecule has 21 heavy (non-hydrogen) atoms. The summed E-state index contributed by atoms with van der Waals surface area (Å²) in [5, 5.41) is 5.90. The summed E-state index contributed by atoms with van der Waals surface area (Å²) in [6.07, 6.45) is 0. The van der Waals surface area contributed by atoms with E-state index in [1.165, 1.54) is 0 Å². The number of benzene rings is 1. The molecular weight excluding hydrogens is 280 g/mol. The largest absolute Gasteiger partial charge is 0.347 e. The Kier molecular flexibility index (Phi) is 3.71. The number of amides is 1. The summed E-state index contributed by atoms with van der Waals surface area (Å²) in [7, 11) is 0. The molecule has 3 aromatic rings. The molecule has 0 unspecified atom stereocenters. The monoisotopic (exact) mass is 296 g/mol. The van der Waals surface area contributed by atoms with Gasteiger partial charge in [0.15, 0.2) is 0 Å². The molecule has 0 fully saturated rings. The van der Waals surface area contributed by atoms with E-state index >= 15 is 0 Å². The molecule has 1 amide bonds. The second-order valence-corrected chi connectivity index (χ2v) is 6.13. The summed E-state index contributed by atoms with van der Waals surface area (Å²) in [6, 6.07) is 11.9. The number of pyridine rings is 1. The van der Waals surface area contributed by atoms with E-state index in [0.29, 0.717) is 12.1 Å². The highest BCUT2D eigenvalue weighted by Crippen LogP contribution is 2.20. The molecule has 3 nitrogen and oxygen atoms in total. The minimum Gasteiger partial charge on any atom is -0.347 e. The Morgan fingerprint density at radius 2 is 2.10 bits per heavy atom. The molecule has 2 aromatic heterocycles. The van der Waals surface area contributed by atoms with Crippen molar-refractivity contribution in [3.8, 4) is 0 Å². The molecule has 4 heteroatoms. The van der Waals surface area contributed by atoms with Gasteiger partial charge in [0, 0.05) is 16.0 Å². The van der Waals surface area contributed by atoms with Crippen molar-refractivity contribution < 1.29 is 4.79 Å². The van der Waals surface area contributed by atoms with Crippen LogP contribution in [0.1, 0.15) is 26.5 Å². The van der Waals surface area contributed by atoms with Crippen molar-refractivity contribution in [3.05, 3.63) is 63.5 Å². The molecule has 0 saturated heterocycles. The summed E-state index contributed by atoms with van der Waals surface area (Å²) in [5.41, 5.74) is 3.53. The van der Waals surface area contributed by atoms with Crippen LogP contribution in [0.25, 0.3) is 10.9 Å². The van der Waals surface area contributed by atoms with Crippen molar-refractivity contribution in [2.75, 3.05) is 0 Å². The van der Waals surface area contributed by atoms with Crippen molar-refractivity contribution >= 4 is 28.1 Å². The number of nitrogens with zero attached hydrogens (tertiary/aromatic N) is 1. The Morgan fingerprint density at radius 1 is 1.24 bits per heavy atom. The maximum Gasteiger partial charge on any atom is 0.252 e. The normalized spacial score (nSPS) is 10.8. The third kappa shape index (κ3) is 2.95. The summed E-state index contributed by atoms with van der Waals surface area (Å²) >= 11 is 1.64. The minimum atomic E-state index is -0.0514. The third-order valence-electron chi connectivity index (χ3n) is 3.34. The van der Waals surface area contributed by atoms with E-state index in [2.05, 4.69) is 10.3 Å². The van der Waals surface area contributed by atoms with Crippen LogP contribution in [-0.4, -0.2) is 10.9 Å². The quantitative estimate of drug-likeness (QED) is 0.798. The van der Waals surface area contributed by atoms with E-state index in [9.17, 15) is 4.79 Å². The first-order valence-corrected chi connectivity index (χ1v) is 7.70. The van der Waals surface area contributed by atoms with Crippen LogP contribution in [0.2, 0.25) is 0 Å². The standard InChI is InChI=1S/C17H16N2OS/c1-11-5-6-16-14(8-11)15(9-12(2)19-16)17(20)18-10-13-4-3-7-21-13/h3-9H,10H2,1-2H3,(H,18,20). The van der Waals surface area contributed by atoms with Gasteiger partial charge in [0.05, 0.1) is 17.6 Å². The number of rotatable bonds is 3. The Labute approximate surface area is 127 Å². The lowest BCUT2D eigenvalue weighted by Crippen LogP contribution is -2.22. The van der Waals surface area contributed by atoms with Crippen LogP contribution in [0.5, 0.6) is 0 Å². The fourth-order valence-corrected chi connectivity index (χ4v) is 2.98. The second-order valence-electron chi connectivity index (χ2n) is 5.09. The Hall–Kier alpha value is -2.20. The van der Waals surface area contributed by atoms with Gasteiger partial charge >= 0.3 is 0 Å². The molecule has 1 aromatic carbocycles. The van der Waals surface area contributed by atoms with Gasteiger partial charge in [-0.05, 0) is 43.5 Å². The van der Waals surface area contributed by atoms with Crippen molar-refractivity contribution in [2.24, 2.45) is 0 Å². The number of fused-ring (bicyclic) bond motifs is 1. The lowest BCUT2D eigenvalue weighted by Gasteiger charge is -2.09. The molecule has 0 aliphatic heterocycles. The predicted molar refractivity (Wildman–Crippen MR) is 86.7 cm³/mol. The van der Waals surface area contributed by atoms with Crippen molar-refractivity contribution in [1.29, 1.82) is 0 Å². The highest BCUT2D eigenvalue weighted by Gasteiger charge is 2.12. The molecule has 0 radical (unpaired) electrons. The van der Waals surface area contributed by atoms with E-state index < -0.39 is 0 Å². The number of aryl methyl sites for hydroxylation is 2. The summed E-state index contributed by atoms with van der Waals surface area (Å²) < 4.78 is 0. The first kappa shape index (κ1) is 13.8. The molecule has 1 N–H and O–H groups in total. The van der Waals surface area contributed by atoms with Gasteiger partial charge in [0.1, 0.15) is 0 Å². The van der Waals surface area contributed by atoms with Crippen molar-refractivity contribution in [2.45, 2.75) is 20.4 Å². The van der Waals surface area contributed by atoms with Crippen LogP contribution in [0.15, 0.2) is 41.8 Å². The number of hydrogen-bond acceptors (Lipinski definition) is 3. The van der Waals surface area contributed by atoms with E-state index in [0.717, 1.165) is 27.0 Å². The molecular formula is C17H16N2OS. The Morgan fingerprint density at radius 3 is 2.86 bits per heavy atom. The van der Waals surface area contributed by atoms with Crippen LogP contribution in [0, 0.1) is 13.8 Å².